The van der Waals surface area contributed by atoms with E-state index in [1.165, 1.54) is 0 Å². The standard InChI is InChI=1S/C14H17BrO4/c1-8(2)18-13(16)10-6-5-7-11(15)12(10)14(17)19-9(3)4/h5-9H,1-4H3. The second-order valence-electron chi connectivity index (χ2n) is 4.57. The molecule has 0 bridgehead atoms. The molecule has 0 saturated heterocycles. The number of benzene rings is 1. The van der Waals surface area contributed by atoms with Crippen molar-refractivity contribution < 1.29 is 19.1 Å². The molecule has 0 aliphatic carbocycles. The number of carbonyl (C=O) groups is 2. The molecule has 0 radical (unpaired) electrons. The van der Waals surface area contributed by atoms with Crippen molar-refractivity contribution >= 4 is 27.9 Å². The molecule has 0 N–H and O–H groups in total. The highest BCUT2D eigenvalue weighted by Gasteiger charge is 2.23. The Morgan fingerprint density at radius 1 is 1.00 bits per heavy atom. The van der Waals surface area contributed by atoms with E-state index in [1.54, 1.807) is 45.9 Å². The zero-order chi connectivity index (χ0) is 14.6. The topological polar surface area (TPSA) is 52.6 Å². The predicted molar refractivity (Wildman–Crippen MR) is 75.2 cm³/mol. The third-order valence-electron chi connectivity index (χ3n) is 2.12. The SMILES string of the molecule is CC(C)OC(=O)c1cccc(Br)c1C(=O)OC(C)C. The second-order valence-corrected chi connectivity index (χ2v) is 5.42. The normalized spacial score (nSPS) is 10.7. The number of halogens is 1. The van der Waals surface area contributed by atoms with Gasteiger partial charge in [0.15, 0.2) is 0 Å². The number of rotatable bonds is 4. The Labute approximate surface area is 121 Å². The van der Waals surface area contributed by atoms with E-state index in [9.17, 15) is 9.59 Å². The summed E-state index contributed by atoms with van der Waals surface area (Å²) in [5, 5.41) is 0. The Hall–Kier alpha value is -1.36. The summed E-state index contributed by atoms with van der Waals surface area (Å²) in [4.78, 5) is 24.0. The van der Waals surface area contributed by atoms with Gasteiger partial charge < -0.3 is 9.47 Å². The molecule has 0 unspecified atom stereocenters. The van der Waals surface area contributed by atoms with Gasteiger partial charge in [0.25, 0.3) is 0 Å². The van der Waals surface area contributed by atoms with Crippen molar-refractivity contribution in [3.05, 3.63) is 33.8 Å². The van der Waals surface area contributed by atoms with Crippen molar-refractivity contribution in [2.75, 3.05) is 0 Å². The van der Waals surface area contributed by atoms with Crippen LogP contribution >= 0.6 is 15.9 Å². The molecular weight excluding hydrogens is 312 g/mol. The van der Waals surface area contributed by atoms with Gasteiger partial charge in [0.1, 0.15) is 0 Å². The maximum Gasteiger partial charge on any atom is 0.340 e. The molecule has 104 valence electrons. The molecular formula is C14H17BrO4. The van der Waals surface area contributed by atoms with Crippen LogP contribution in [0.5, 0.6) is 0 Å². The van der Waals surface area contributed by atoms with Gasteiger partial charge in [-0.1, -0.05) is 6.07 Å². The van der Waals surface area contributed by atoms with E-state index in [4.69, 9.17) is 9.47 Å². The summed E-state index contributed by atoms with van der Waals surface area (Å²) < 4.78 is 10.8. The van der Waals surface area contributed by atoms with Crippen molar-refractivity contribution in [3.8, 4) is 0 Å². The maximum atomic E-state index is 12.0. The molecule has 0 aliphatic rings. The number of carbonyl (C=O) groups excluding carboxylic acids is 2. The van der Waals surface area contributed by atoms with E-state index < -0.39 is 11.9 Å². The first-order valence-electron chi connectivity index (χ1n) is 6.03. The lowest BCUT2D eigenvalue weighted by atomic mass is 10.1. The predicted octanol–water partition coefficient (Wildman–Crippen LogP) is 3.58. The van der Waals surface area contributed by atoms with Crippen molar-refractivity contribution in [2.45, 2.75) is 39.9 Å². The molecule has 0 aromatic heterocycles. The zero-order valence-corrected chi connectivity index (χ0v) is 13.0. The molecule has 0 fully saturated rings. The summed E-state index contributed by atoms with van der Waals surface area (Å²) in [5.41, 5.74) is 0.399. The van der Waals surface area contributed by atoms with E-state index in [-0.39, 0.29) is 23.3 Å². The smallest absolute Gasteiger partial charge is 0.340 e. The molecule has 5 heteroatoms. The Morgan fingerprint density at radius 3 is 2.05 bits per heavy atom. The van der Waals surface area contributed by atoms with E-state index in [2.05, 4.69) is 15.9 Å². The fraction of sp³-hybridized carbons (Fsp3) is 0.429. The highest BCUT2D eigenvalue weighted by molar-refractivity contribution is 9.10. The molecule has 1 rings (SSSR count). The lowest BCUT2D eigenvalue weighted by molar-refractivity contribution is 0.0327. The number of hydrogen-bond acceptors (Lipinski definition) is 4. The highest BCUT2D eigenvalue weighted by atomic mass is 79.9. The molecule has 0 saturated carbocycles. The van der Waals surface area contributed by atoms with Gasteiger partial charge in [0.2, 0.25) is 0 Å². The largest absolute Gasteiger partial charge is 0.459 e. The van der Waals surface area contributed by atoms with Crippen LogP contribution in [0, 0.1) is 0 Å². The van der Waals surface area contributed by atoms with Gasteiger partial charge in [-0.15, -0.1) is 0 Å². The Morgan fingerprint density at radius 2 is 1.53 bits per heavy atom. The van der Waals surface area contributed by atoms with Crippen molar-refractivity contribution in [1.29, 1.82) is 0 Å². The van der Waals surface area contributed by atoms with E-state index in [1.807, 2.05) is 0 Å². The van der Waals surface area contributed by atoms with Gasteiger partial charge in [-0.2, -0.15) is 0 Å². The van der Waals surface area contributed by atoms with Crippen LogP contribution in [0.4, 0.5) is 0 Å². The van der Waals surface area contributed by atoms with Crippen LogP contribution in [0.15, 0.2) is 22.7 Å². The van der Waals surface area contributed by atoms with Crippen LogP contribution in [-0.2, 0) is 9.47 Å². The maximum absolute atomic E-state index is 12.0. The fourth-order valence-corrected chi connectivity index (χ4v) is 1.98. The molecule has 1 aromatic carbocycles. The molecule has 0 atom stereocenters. The van der Waals surface area contributed by atoms with Crippen molar-refractivity contribution in [2.24, 2.45) is 0 Å². The zero-order valence-electron chi connectivity index (χ0n) is 11.4. The number of hydrogen-bond donors (Lipinski definition) is 0. The van der Waals surface area contributed by atoms with E-state index in [0.717, 1.165) is 0 Å². The number of ether oxygens (including phenoxy) is 2. The first-order chi connectivity index (χ1) is 8.82. The van der Waals surface area contributed by atoms with Gasteiger partial charge in [0, 0.05) is 4.47 Å². The summed E-state index contributed by atoms with van der Waals surface area (Å²) in [6.45, 7) is 7.01. The van der Waals surface area contributed by atoms with Crippen LogP contribution in [0.2, 0.25) is 0 Å². The molecule has 0 heterocycles. The first-order valence-corrected chi connectivity index (χ1v) is 6.82. The van der Waals surface area contributed by atoms with Gasteiger partial charge in [-0.25, -0.2) is 9.59 Å². The summed E-state index contributed by atoms with van der Waals surface area (Å²) in [7, 11) is 0. The minimum atomic E-state index is -0.543. The summed E-state index contributed by atoms with van der Waals surface area (Å²) >= 11 is 3.26. The highest BCUT2D eigenvalue weighted by Crippen LogP contribution is 2.23. The molecule has 0 amide bonds. The summed E-state index contributed by atoms with van der Waals surface area (Å²) in [5.74, 6) is -1.08. The third-order valence-corrected chi connectivity index (χ3v) is 2.78. The Bertz CT molecular complexity index is 480. The third kappa shape index (κ3) is 4.35. The second kappa shape index (κ2) is 6.70. The quantitative estimate of drug-likeness (QED) is 0.793. The lowest BCUT2D eigenvalue weighted by Gasteiger charge is -2.14. The average molecular weight is 329 g/mol. The van der Waals surface area contributed by atoms with Crippen LogP contribution in [-0.4, -0.2) is 24.1 Å². The first kappa shape index (κ1) is 15.7. The average Bonchev–Trinajstić information content (AvgIpc) is 2.26. The van der Waals surface area contributed by atoms with Gasteiger partial charge in [-0.3, -0.25) is 0 Å². The lowest BCUT2D eigenvalue weighted by Crippen LogP contribution is -2.19. The van der Waals surface area contributed by atoms with Gasteiger partial charge >= 0.3 is 11.9 Å². The molecule has 4 nitrogen and oxygen atoms in total. The van der Waals surface area contributed by atoms with Gasteiger partial charge in [0.05, 0.1) is 23.3 Å². The fourth-order valence-electron chi connectivity index (χ4n) is 1.45. The van der Waals surface area contributed by atoms with Crippen molar-refractivity contribution in [1.82, 2.24) is 0 Å². The van der Waals surface area contributed by atoms with E-state index in [0.29, 0.717) is 4.47 Å². The monoisotopic (exact) mass is 328 g/mol. The Kier molecular flexibility index (Phi) is 5.54. The van der Waals surface area contributed by atoms with Gasteiger partial charge in [-0.05, 0) is 55.8 Å². The van der Waals surface area contributed by atoms with Crippen LogP contribution in [0.3, 0.4) is 0 Å². The summed E-state index contributed by atoms with van der Waals surface area (Å²) in [6.07, 6.45) is -0.506. The number of esters is 2. The molecule has 1 aromatic rings. The van der Waals surface area contributed by atoms with Crippen LogP contribution < -0.4 is 0 Å². The minimum absolute atomic E-state index is 0.196. The van der Waals surface area contributed by atoms with Crippen LogP contribution in [0.1, 0.15) is 48.4 Å². The van der Waals surface area contributed by atoms with Crippen molar-refractivity contribution in [3.63, 3.8) is 0 Å². The molecule has 19 heavy (non-hydrogen) atoms. The Balaban J connectivity index is 3.15. The molecule has 0 spiro atoms. The molecule has 0 aliphatic heterocycles. The minimum Gasteiger partial charge on any atom is -0.459 e. The summed E-state index contributed by atoms with van der Waals surface area (Å²) in [6, 6.07) is 4.91. The van der Waals surface area contributed by atoms with Crippen LogP contribution in [0.25, 0.3) is 0 Å². The van der Waals surface area contributed by atoms with E-state index >= 15 is 0 Å².